The molecule has 7 heteroatoms. The minimum absolute atomic E-state index is 0.178. The van der Waals surface area contributed by atoms with Crippen LogP contribution in [0.2, 0.25) is 10.0 Å². The summed E-state index contributed by atoms with van der Waals surface area (Å²) in [6.07, 6.45) is 0. The molecule has 0 aliphatic rings. The molecule has 3 rings (SSSR count). The number of nitrogens with one attached hydrogen (secondary N) is 2. The molecule has 0 aliphatic carbocycles. The summed E-state index contributed by atoms with van der Waals surface area (Å²) in [6, 6.07) is 12.0. The number of anilines is 2. The van der Waals surface area contributed by atoms with Gasteiger partial charge in [-0.15, -0.1) is 0 Å². The number of halogens is 2. The van der Waals surface area contributed by atoms with E-state index in [0.29, 0.717) is 21.7 Å². The number of hydrogen-bond donors (Lipinski definition) is 2. The van der Waals surface area contributed by atoms with Gasteiger partial charge in [-0.3, -0.25) is 4.79 Å². The minimum atomic E-state index is -0.178. The Morgan fingerprint density at radius 3 is 2.68 bits per heavy atom. The quantitative estimate of drug-likeness (QED) is 0.763. The van der Waals surface area contributed by atoms with Crippen molar-refractivity contribution in [1.82, 2.24) is 14.8 Å². The largest absolute Gasteiger partial charge is 0.326 e. The second kappa shape index (κ2) is 5.87. The van der Waals surface area contributed by atoms with Crippen LogP contribution in [0.25, 0.3) is 5.69 Å². The summed E-state index contributed by atoms with van der Waals surface area (Å²) in [4.78, 5) is 14.1. The van der Waals surface area contributed by atoms with Gasteiger partial charge in [0.15, 0.2) is 0 Å². The fraction of sp³-hybridized carbons (Fsp3) is 0.0667. The fourth-order valence-electron chi connectivity index (χ4n) is 2.06. The van der Waals surface area contributed by atoms with Gasteiger partial charge in [-0.1, -0.05) is 29.3 Å². The fourth-order valence-corrected chi connectivity index (χ4v) is 2.35. The lowest BCUT2D eigenvalue weighted by Crippen LogP contribution is -2.08. The summed E-state index contributed by atoms with van der Waals surface area (Å²) in [5.41, 5.74) is 1.41. The van der Waals surface area contributed by atoms with Crippen molar-refractivity contribution in [2.24, 2.45) is 0 Å². The van der Waals surface area contributed by atoms with E-state index in [-0.39, 0.29) is 5.56 Å². The predicted molar refractivity (Wildman–Crippen MR) is 88.7 cm³/mol. The lowest BCUT2D eigenvalue weighted by Gasteiger charge is -2.10. The van der Waals surface area contributed by atoms with E-state index in [4.69, 9.17) is 23.2 Å². The Morgan fingerprint density at radius 1 is 1.14 bits per heavy atom. The Bertz CT molecular complexity index is 885. The molecule has 0 saturated carbocycles. The zero-order valence-corrected chi connectivity index (χ0v) is 13.1. The molecule has 0 saturated heterocycles. The maximum Gasteiger partial charge on any atom is 0.249 e. The molecule has 0 unspecified atom stereocenters. The van der Waals surface area contributed by atoms with E-state index < -0.39 is 0 Å². The van der Waals surface area contributed by atoms with Crippen LogP contribution in [-0.4, -0.2) is 14.8 Å². The Labute approximate surface area is 136 Å². The van der Waals surface area contributed by atoms with Gasteiger partial charge in [0.05, 0.1) is 21.4 Å². The van der Waals surface area contributed by atoms with Crippen LogP contribution in [0.3, 0.4) is 0 Å². The van der Waals surface area contributed by atoms with Gasteiger partial charge in [0.2, 0.25) is 5.56 Å². The van der Waals surface area contributed by atoms with Crippen LogP contribution in [0.1, 0.15) is 5.69 Å². The zero-order chi connectivity index (χ0) is 15.7. The van der Waals surface area contributed by atoms with Crippen LogP contribution in [0.5, 0.6) is 0 Å². The highest BCUT2D eigenvalue weighted by molar-refractivity contribution is 6.42. The molecule has 2 aromatic heterocycles. The number of benzene rings is 1. The molecule has 3 aromatic rings. The van der Waals surface area contributed by atoms with Gasteiger partial charge in [-0.05, 0) is 31.2 Å². The first-order chi connectivity index (χ1) is 10.5. The Morgan fingerprint density at radius 2 is 1.95 bits per heavy atom. The summed E-state index contributed by atoms with van der Waals surface area (Å²) in [5, 5.41) is 8.50. The van der Waals surface area contributed by atoms with Crippen molar-refractivity contribution in [3.8, 4) is 5.69 Å². The van der Waals surface area contributed by atoms with Crippen molar-refractivity contribution >= 4 is 34.8 Å². The molecule has 5 nitrogen and oxygen atoms in total. The summed E-state index contributed by atoms with van der Waals surface area (Å²) in [5.74, 6) is 1.28. The molecule has 0 amide bonds. The van der Waals surface area contributed by atoms with E-state index in [0.717, 1.165) is 11.4 Å². The van der Waals surface area contributed by atoms with Crippen molar-refractivity contribution in [3.05, 3.63) is 68.6 Å². The normalized spacial score (nSPS) is 10.7. The third-order valence-electron chi connectivity index (χ3n) is 3.01. The average molecular weight is 335 g/mol. The Balaban J connectivity index is 2.02. The van der Waals surface area contributed by atoms with E-state index in [2.05, 4.69) is 15.4 Å². The molecule has 0 spiro atoms. The SMILES string of the molecule is Cc1cc(Nc2cccc(=O)[nH]2)n(-c2ccc(Cl)c(Cl)c2)n1. The zero-order valence-electron chi connectivity index (χ0n) is 11.6. The van der Waals surface area contributed by atoms with Crippen LogP contribution >= 0.6 is 23.2 Å². The topological polar surface area (TPSA) is 62.7 Å². The number of aromatic amines is 1. The second-order valence-corrected chi connectivity index (χ2v) is 5.55. The van der Waals surface area contributed by atoms with Crippen LogP contribution < -0.4 is 10.9 Å². The first kappa shape index (κ1) is 14.7. The molecule has 2 heterocycles. The van der Waals surface area contributed by atoms with Crippen LogP contribution in [-0.2, 0) is 0 Å². The molecule has 0 bridgehead atoms. The Kier molecular flexibility index (Phi) is 3.92. The standard InChI is InChI=1S/C15H12Cl2N4O/c1-9-7-14(18-13-3-2-4-15(22)19-13)21(20-9)10-5-6-11(16)12(17)8-10/h2-8H,1H3,(H2,18,19,22). The molecular weight excluding hydrogens is 323 g/mol. The Hall–Kier alpha value is -2.24. The molecule has 0 atom stereocenters. The third kappa shape index (κ3) is 3.00. The smallest absolute Gasteiger partial charge is 0.249 e. The number of rotatable bonds is 3. The number of H-pyrrole nitrogens is 1. The van der Waals surface area contributed by atoms with Gasteiger partial charge >= 0.3 is 0 Å². The monoisotopic (exact) mass is 334 g/mol. The van der Waals surface area contributed by atoms with Crippen molar-refractivity contribution in [1.29, 1.82) is 0 Å². The number of hydrogen-bond acceptors (Lipinski definition) is 3. The highest BCUT2D eigenvalue weighted by Crippen LogP contribution is 2.27. The van der Waals surface area contributed by atoms with E-state index >= 15 is 0 Å². The van der Waals surface area contributed by atoms with Crippen LogP contribution in [0.15, 0.2) is 47.3 Å². The van der Waals surface area contributed by atoms with E-state index in [9.17, 15) is 4.79 Å². The molecule has 112 valence electrons. The summed E-state index contributed by atoms with van der Waals surface area (Å²) in [7, 11) is 0. The first-order valence-corrected chi connectivity index (χ1v) is 7.27. The van der Waals surface area contributed by atoms with Crippen LogP contribution in [0.4, 0.5) is 11.6 Å². The van der Waals surface area contributed by atoms with Gasteiger partial charge < -0.3 is 10.3 Å². The van der Waals surface area contributed by atoms with E-state index in [1.165, 1.54) is 6.07 Å². The molecular formula is C15H12Cl2N4O. The molecule has 2 N–H and O–H groups in total. The maximum atomic E-state index is 11.4. The van der Waals surface area contributed by atoms with Gasteiger partial charge in [0.25, 0.3) is 0 Å². The minimum Gasteiger partial charge on any atom is -0.326 e. The molecule has 0 fully saturated rings. The van der Waals surface area contributed by atoms with Crippen LogP contribution in [0, 0.1) is 6.92 Å². The number of aromatic nitrogens is 3. The van der Waals surface area contributed by atoms with E-state index in [1.807, 2.05) is 19.1 Å². The van der Waals surface area contributed by atoms with E-state index in [1.54, 1.807) is 28.9 Å². The maximum absolute atomic E-state index is 11.4. The highest BCUT2D eigenvalue weighted by Gasteiger charge is 2.10. The number of nitrogens with zero attached hydrogens (tertiary/aromatic N) is 2. The average Bonchev–Trinajstić information content (AvgIpc) is 2.82. The molecule has 1 aromatic carbocycles. The van der Waals surface area contributed by atoms with Gasteiger partial charge in [0.1, 0.15) is 11.6 Å². The molecule has 0 radical (unpaired) electrons. The lowest BCUT2D eigenvalue weighted by atomic mass is 10.3. The van der Waals surface area contributed by atoms with Crippen molar-refractivity contribution in [2.75, 3.05) is 5.32 Å². The molecule has 0 aliphatic heterocycles. The second-order valence-electron chi connectivity index (χ2n) is 4.73. The summed E-state index contributed by atoms with van der Waals surface area (Å²) >= 11 is 12.0. The number of pyridine rings is 1. The van der Waals surface area contributed by atoms with Crippen molar-refractivity contribution in [2.45, 2.75) is 6.92 Å². The number of aryl methyl sites for hydroxylation is 1. The van der Waals surface area contributed by atoms with Gasteiger partial charge in [0, 0.05) is 12.1 Å². The van der Waals surface area contributed by atoms with Gasteiger partial charge in [-0.2, -0.15) is 5.10 Å². The predicted octanol–water partition coefficient (Wildman–Crippen LogP) is 3.92. The van der Waals surface area contributed by atoms with Crippen molar-refractivity contribution < 1.29 is 0 Å². The van der Waals surface area contributed by atoms with Gasteiger partial charge in [-0.25, -0.2) is 4.68 Å². The van der Waals surface area contributed by atoms with Crippen molar-refractivity contribution in [3.63, 3.8) is 0 Å². The summed E-state index contributed by atoms with van der Waals surface area (Å²) in [6.45, 7) is 1.88. The first-order valence-electron chi connectivity index (χ1n) is 6.51. The lowest BCUT2D eigenvalue weighted by molar-refractivity contribution is 0.868. The third-order valence-corrected chi connectivity index (χ3v) is 3.75. The highest BCUT2D eigenvalue weighted by atomic mass is 35.5. The summed E-state index contributed by atoms with van der Waals surface area (Å²) < 4.78 is 1.70. The molecule has 22 heavy (non-hydrogen) atoms.